The van der Waals surface area contributed by atoms with Crippen molar-refractivity contribution in [2.75, 3.05) is 31.5 Å². The predicted molar refractivity (Wildman–Crippen MR) is 105 cm³/mol. The lowest BCUT2D eigenvalue weighted by Crippen LogP contribution is -2.39. The van der Waals surface area contributed by atoms with Gasteiger partial charge in [0, 0.05) is 23.2 Å². The van der Waals surface area contributed by atoms with E-state index in [-0.39, 0.29) is 23.0 Å². The second kappa shape index (κ2) is 8.18. The van der Waals surface area contributed by atoms with E-state index in [0.29, 0.717) is 17.6 Å². The van der Waals surface area contributed by atoms with Crippen molar-refractivity contribution in [1.29, 1.82) is 0 Å². The maximum absolute atomic E-state index is 13.0. The number of carbonyl (C=O) groups is 3. The number of hydrogen-bond donors (Lipinski definition) is 2. The van der Waals surface area contributed by atoms with E-state index in [1.54, 1.807) is 12.1 Å². The average Bonchev–Trinajstić information content (AvgIpc) is 2.95. The Balaban J connectivity index is 1.76. The molecule has 0 radical (unpaired) electrons. The summed E-state index contributed by atoms with van der Waals surface area (Å²) in [4.78, 5) is 36.2. The third-order valence-electron chi connectivity index (χ3n) is 4.69. The number of anilines is 1. The summed E-state index contributed by atoms with van der Waals surface area (Å²) < 4.78 is 27.9. The highest BCUT2D eigenvalue weighted by atomic mass is 79.9. The van der Waals surface area contributed by atoms with Gasteiger partial charge in [-0.25, -0.2) is 13.2 Å². The molecule has 3 rings (SSSR count). The highest BCUT2D eigenvalue weighted by Crippen LogP contribution is 2.30. The number of amides is 4. The van der Waals surface area contributed by atoms with E-state index in [1.807, 2.05) is 6.92 Å². The Morgan fingerprint density at radius 1 is 1.36 bits per heavy atom. The number of halogens is 1. The van der Waals surface area contributed by atoms with Crippen LogP contribution in [0.4, 0.5) is 10.5 Å². The highest BCUT2D eigenvalue weighted by molar-refractivity contribution is 9.10. The van der Waals surface area contributed by atoms with E-state index in [2.05, 4.69) is 26.6 Å². The van der Waals surface area contributed by atoms with Gasteiger partial charge >= 0.3 is 6.03 Å². The van der Waals surface area contributed by atoms with Gasteiger partial charge in [0.1, 0.15) is 6.54 Å². The number of hydrogen-bond acceptors (Lipinski definition) is 5. The molecule has 2 saturated heterocycles. The summed E-state index contributed by atoms with van der Waals surface area (Å²) in [5.74, 6) is -0.796. The SMILES string of the molecule is CC1CCCN(S(=O)(=O)c2cc(NC(=O)CN3C(=O)CNC3=O)ccc2Br)C1. The number of carbonyl (C=O) groups excluding carboxylic acids is 3. The largest absolute Gasteiger partial charge is 0.329 e. The lowest BCUT2D eigenvalue weighted by Gasteiger charge is -2.30. The summed E-state index contributed by atoms with van der Waals surface area (Å²) in [6.07, 6.45) is 1.80. The molecule has 4 amide bonds. The van der Waals surface area contributed by atoms with E-state index in [0.717, 1.165) is 17.7 Å². The Morgan fingerprint density at radius 2 is 2.11 bits per heavy atom. The number of imide groups is 1. The van der Waals surface area contributed by atoms with Crippen molar-refractivity contribution in [3.8, 4) is 0 Å². The molecule has 152 valence electrons. The molecule has 0 spiro atoms. The molecule has 9 nitrogen and oxygen atoms in total. The lowest BCUT2D eigenvalue weighted by molar-refractivity contribution is -0.128. The Hall–Kier alpha value is -1.98. The second-order valence-corrected chi connectivity index (χ2v) is 9.70. The van der Waals surface area contributed by atoms with E-state index in [1.165, 1.54) is 10.4 Å². The van der Waals surface area contributed by atoms with Crippen LogP contribution < -0.4 is 10.6 Å². The molecule has 0 aliphatic carbocycles. The van der Waals surface area contributed by atoms with Gasteiger partial charge in [-0.1, -0.05) is 6.92 Å². The summed E-state index contributed by atoms with van der Waals surface area (Å²) in [6, 6.07) is 3.84. The zero-order valence-corrected chi connectivity index (χ0v) is 17.7. The van der Waals surface area contributed by atoms with Crippen LogP contribution in [0.5, 0.6) is 0 Å². The van der Waals surface area contributed by atoms with Crippen LogP contribution in [0.15, 0.2) is 27.6 Å². The Bertz CT molecular complexity index is 904. The summed E-state index contributed by atoms with van der Waals surface area (Å²) in [5, 5.41) is 4.88. The van der Waals surface area contributed by atoms with Crippen molar-refractivity contribution in [1.82, 2.24) is 14.5 Å². The van der Waals surface area contributed by atoms with Gasteiger partial charge in [-0.15, -0.1) is 0 Å². The number of urea groups is 1. The first-order valence-corrected chi connectivity index (χ1v) is 11.1. The van der Waals surface area contributed by atoms with Crippen LogP contribution in [0.1, 0.15) is 19.8 Å². The summed E-state index contributed by atoms with van der Waals surface area (Å²) in [7, 11) is -3.72. The number of rotatable bonds is 5. The Morgan fingerprint density at radius 3 is 2.75 bits per heavy atom. The van der Waals surface area contributed by atoms with Gasteiger partial charge in [-0.3, -0.25) is 14.5 Å². The maximum Gasteiger partial charge on any atom is 0.325 e. The van der Waals surface area contributed by atoms with E-state index in [4.69, 9.17) is 0 Å². The van der Waals surface area contributed by atoms with E-state index < -0.39 is 34.4 Å². The topological polar surface area (TPSA) is 116 Å². The third kappa shape index (κ3) is 4.36. The van der Waals surface area contributed by atoms with Crippen LogP contribution in [-0.2, 0) is 19.6 Å². The molecule has 2 heterocycles. The molecule has 0 bridgehead atoms. The quantitative estimate of drug-likeness (QED) is 0.627. The molecule has 0 aromatic heterocycles. The molecule has 11 heteroatoms. The fraction of sp³-hybridized carbons (Fsp3) is 0.471. The number of piperidine rings is 1. The van der Waals surface area contributed by atoms with Gasteiger partial charge in [0.25, 0.3) is 5.91 Å². The molecule has 1 aromatic rings. The first-order valence-electron chi connectivity index (χ1n) is 8.86. The molecule has 1 aromatic carbocycles. The zero-order chi connectivity index (χ0) is 20.5. The monoisotopic (exact) mass is 472 g/mol. The fourth-order valence-electron chi connectivity index (χ4n) is 3.24. The second-order valence-electron chi connectivity index (χ2n) is 6.94. The first kappa shape index (κ1) is 20.7. The average molecular weight is 473 g/mol. The molecule has 1 unspecified atom stereocenters. The van der Waals surface area contributed by atoms with Crippen LogP contribution >= 0.6 is 15.9 Å². The van der Waals surface area contributed by atoms with Crippen LogP contribution in [0.2, 0.25) is 0 Å². The van der Waals surface area contributed by atoms with Crippen molar-refractivity contribution in [2.24, 2.45) is 5.92 Å². The summed E-state index contributed by atoms with van der Waals surface area (Å²) in [6.45, 7) is 2.36. The van der Waals surface area contributed by atoms with Crippen LogP contribution in [0.3, 0.4) is 0 Å². The molecule has 2 aliphatic rings. The number of nitrogens with zero attached hydrogens (tertiary/aromatic N) is 2. The lowest BCUT2D eigenvalue weighted by atomic mass is 10.0. The molecular weight excluding hydrogens is 452 g/mol. The Labute approximate surface area is 171 Å². The molecule has 1 atom stereocenters. The summed E-state index contributed by atoms with van der Waals surface area (Å²) >= 11 is 3.28. The minimum atomic E-state index is -3.72. The van der Waals surface area contributed by atoms with Crippen LogP contribution in [-0.4, -0.2) is 61.6 Å². The molecule has 2 fully saturated rings. The zero-order valence-electron chi connectivity index (χ0n) is 15.3. The van der Waals surface area contributed by atoms with Crippen LogP contribution in [0.25, 0.3) is 0 Å². The van der Waals surface area contributed by atoms with Crippen molar-refractivity contribution >= 4 is 49.5 Å². The van der Waals surface area contributed by atoms with Gasteiger partial charge < -0.3 is 10.6 Å². The minimum absolute atomic E-state index is 0.0643. The third-order valence-corrected chi connectivity index (χ3v) is 7.55. The van der Waals surface area contributed by atoms with Gasteiger partial charge in [0.15, 0.2) is 0 Å². The smallest absolute Gasteiger partial charge is 0.325 e. The van der Waals surface area contributed by atoms with Crippen molar-refractivity contribution in [3.05, 3.63) is 22.7 Å². The highest BCUT2D eigenvalue weighted by Gasteiger charge is 2.32. The molecule has 2 N–H and O–H groups in total. The van der Waals surface area contributed by atoms with Gasteiger partial charge in [-0.2, -0.15) is 4.31 Å². The number of sulfonamides is 1. The maximum atomic E-state index is 13.0. The van der Waals surface area contributed by atoms with Crippen molar-refractivity contribution in [2.45, 2.75) is 24.7 Å². The van der Waals surface area contributed by atoms with Gasteiger partial charge in [0.2, 0.25) is 15.9 Å². The van der Waals surface area contributed by atoms with Gasteiger partial charge in [-0.05, 0) is 52.9 Å². The first-order chi connectivity index (χ1) is 13.2. The van der Waals surface area contributed by atoms with Gasteiger partial charge in [0.05, 0.1) is 11.4 Å². The summed E-state index contributed by atoms with van der Waals surface area (Å²) in [5.41, 5.74) is 0.267. The minimum Gasteiger partial charge on any atom is -0.329 e. The predicted octanol–water partition coefficient (Wildman–Crippen LogP) is 1.36. The molecule has 2 aliphatic heterocycles. The normalized spacial score (nSPS) is 20.9. The fourth-order valence-corrected chi connectivity index (χ4v) is 5.79. The van der Waals surface area contributed by atoms with E-state index in [9.17, 15) is 22.8 Å². The molecule has 0 saturated carbocycles. The van der Waals surface area contributed by atoms with E-state index >= 15 is 0 Å². The van der Waals surface area contributed by atoms with Crippen LogP contribution in [0, 0.1) is 5.92 Å². The number of benzene rings is 1. The standard InChI is InChI=1S/C17H21BrN4O5S/c1-11-3-2-6-21(9-11)28(26,27)14-7-12(4-5-13(14)18)20-15(23)10-22-16(24)8-19-17(22)25/h4-5,7,11H,2-3,6,8-10H2,1H3,(H,19,25)(H,20,23). The number of nitrogens with one attached hydrogen (secondary N) is 2. The van der Waals surface area contributed by atoms with Crippen molar-refractivity contribution in [3.63, 3.8) is 0 Å². The molecule has 28 heavy (non-hydrogen) atoms. The van der Waals surface area contributed by atoms with Crippen molar-refractivity contribution < 1.29 is 22.8 Å². The Kier molecular flexibility index (Phi) is 6.06. The molecular formula is C17H21BrN4O5S.